The van der Waals surface area contributed by atoms with Gasteiger partial charge in [-0.2, -0.15) is 5.06 Å². The second-order valence-corrected chi connectivity index (χ2v) is 3.38. The topological polar surface area (TPSA) is 101 Å². The van der Waals surface area contributed by atoms with Crippen LogP contribution in [0.15, 0.2) is 24.3 Å². The molecule has 1 unspecified atom stereocenters. The van der Waals surface area contributed by atoms with E-state index in [9.17, 15) is 19.6 Å². The van der Waals surface area contributed by atoms with Crippen molar-refractivity contribution in [1.29, 1.82) is 0 Å². The standard InChI is InChI=1S/C10H8N2O4/c11-8(13)7-5-3-1-2-4-6(5)9(14)12(16)10(7)15/h1-4,7,16H,(H2,11,13). The molecule has 6 heteroatoms. The van der Waals surface area contributed by atoms with E-state index in [4.69, 9.17) is 5.73 Å². The number of primary amides is 1. The minimum Gasteiger partial charge on any atom is -0.369 e. The Hall–Kier alpha value is -2.21. The van der Waals surface area contributed by atoms with Gasteiger partial charge < -0.3 is 5.73 Å². The van der Waals surface area contributed by atoms with E-state index in [-0.39, 0.29) is 16.2 Å². The van der Waals surface area contributed by atoms with Gasteiger partial charge in [0.1, 0.15) is 5.92 Å². The molecular formula is C10H8N2O4. The fourth-order valence-electron chi connectivity index (χ4n) is 1.69. The fourth-order valence-corrected chi connectivity index (χ4v) is 1.69. The maximum atomic E-state index is 11.5. The zero-order valence-corrected chi connectivity index (χ0v) is 8.08. The van der Waals surface area contributed by atoms with Crippen molar-refractivity contribution in [2.24, 2.45) is 5.73 Å². The van der Waals surface area contributed by atoms with Gasteiger partial charge in [0.2, 0.25) is 5.91 Å². The molecule has 1 heterocycles. The minimum absolute atomic E-state index is 0.0717. The molecule has 1 aliphatic rings. The lowest BCUT2D eigenvalue weighted by atomic mass is 9.89. The number of hydrogen-bond acceptors (Lipinski definition) is 4. The van der Waals surface area contributed by atoms with Gasteiger partial charge in [-0.1, -0.05) is 18.2 Å². The van der Waals surface area contributed by atoms with Gasteiger partial charge in [0.25, 0.3) is 11.8 Å². The average Bonchev–Trinajstić information content (AvgIpc) is 2.26. The number of nitrogens with zero attached hydrogens (tertiary/aromatic N) is 1. The number of carbonyl (C=O) groups is 3. The number of fused-ring (bicyclic) bond motifs is 1. The van der Waals surface area contributed by atoms with Crippen molar-refractivity contribution in [1.82, 2.24) is 5.06 Å². The van der Waals surface area contributed by atoms with Crippen LogP contribution in [0.4, 0.5) is 0 Å². The molecule has 0 saturated heterocycles. The maximum absolute atomic E-state index is 11.5. The molecule has 0 aromatic heterocycles. The van der Waals surface area contributed by atoms with Gasteiger partial charge in [0, 0.05) is 5.56 Å². The number of hydroxylamine groups is 2. The number of rotatable bonds is 1. The van der Waals surface area contributed by atoms with E-state index in [0.29, 0.717) is 0 Å². The molecule has 0 radical (unpaired) electrons. The third-order valence-electron chi connectivity index (χ3n) is 2.43. The van der Waals surface area contributed by atoms with Crippen LogP contribution in [0.2, 0.25) is 0 Å². The Labute approximate surface area is 90.2 Å². The van der Waals surface area contributed by atoms with Crippen molar-refractivity contribution in [3.63, 3.8) is 0 Å². The van der Waals surface area contributed by atoms with Crippen molar-refractivity contribution < 1.29 is 19.6 Å². The van der Waals surface area contributed by atoms with Crippen LogP contribution in [0.3, 0.4) is 0 Å². The predicted molar refractivity (Wildman–Crippen MR) is 51.3 cm³/mol. The first-order valence-corrected chi connectivity index (χ1v) is 4.49. The number of amides is 3. The van der Waals surface area contributed by atoms with Crippen molar-refractivity contribution >= 4 is 17.7 Å². The van der Waals surface area contributed by atoms with Crippen molar-refractivity contribution in [2.75, 3.05) is 0 Å². The summed E-state index contributed by atoms with van der Waals surface area (Å²) in [6.45, 7) is 0. The summed E-state index contributed by atoms with van der Waals surface area (Å²) in [4.78, 5) is 34.1. The lowest BCUT2D eigenvalue weighted by Crippen LogP contribution is -2.46. The van der Waals surface area contributed by atoms with Crippen molar-refractivity contribution in [3.8, 4) is 0 Å². The van der Waals surface area contributed by atoms with Crippen molar-refractivity contribution in [3.05, 3.63) is 35.4 Å². The molecule has 0 fully saturated rings. The highest BCUT2D eigenvalue weighted by atomic mass is 16.5. The number of hydrogen-bond donors (Lipinski definition) is 2. The summed E-state index contributed by atoms with van der Waals surface area (Å²) in [5.74, 6) is -4.07. The first-order valence-electron chi connectivity index (χ1n) is 4.49. The summed E-state index contributed by atoms with van der Waals surface area (Å²) in [7, 11) is 0. The molecule has 82 valence electrons. The molecule has 1 aromatic rings. The maximum Gasteiger partial charge on any atom is 0.284 e. The fraction of sp³-hybridized carbons (Fsp3) is 0.100. The molecule has 0 aliphatic carbocycles. The van der Waals surface area contributed by atoms with Crippen LogP contribution < -0.4 is 5.73 Å². The summed E-state index contributed by atoms with van der Waals surface area (Å²) in [5.41, 5.74) is 5.41. The molecule has 1 aromatic carbocycles. The largest absolute Gasteiger partial charge is 0.369 e. The molecule has 0 bridgehead atoms. The molecule has 3 amide bonds. The summed E-state index contributed by atoms with van der Waals surface area (Å²) < 4.78 is 0. The monoisotopic (exact) mass is 220 g/mol. The third kappa shape index (κ3) is 1.28. The van der Waals surface area contributed by atoms with Crippen LogP contribution in [-0.4, -0.2) is 28.0 Å². The van der Waals surface area contributed by atoms with Crippen LogP contribution in [0.1, 0.15) is 21.8 Å². The van der Waals surface area contributed by atoms with Gasteiger partial charge in [0.15, 0.2) is 0 Å². The molecule has 1 atom stereocenters. The molecule has 2 rings (SSSR count). The summed E-state index contributed by atoms with van der Waals surface area (Å²) in [5, 5.41) is 9.17. The van der Waals surface area contributed by atoms with Crippen LogP contribution in [0.5, 0.6) is 0 Å². The van der Waals surface area contributed by atoms with Gasteiger partial charge in [-0.3, -0.25) is 19.6 Å². The number of nitrogens with two attached hydrogens (primary N) is 1. The number of imide groups is 1. The van der Waals surface area contributed by atoms with Gasteiger partial charge in [0.05, 0.1) is 0 Å². The Balaban J connectivity index is 2.66. The summed E-state index contributed by atoms with van der Waals surface area (Å²) in [6, 6.07) is 6.04. The Bertz CT molecular complexity index is 497. The van der Waals surface area contributed by atoms with Gasteiger partial charge in [-0.05, 0) is 11.6 Å². The number of carbonyl (C=O) groups excluding carboxylic acids is 3. The summed E-state index contributed by atoms with van der Waals surface area (Å²) >= 11 is 0. The second kappa shape index (κ2) is 3.42. The smallest absolute Gasteiger partial charge is 0.284 e. The zero-order chi connectivity index (χ0) is 11.9. The number of benzene rings is 1. The van der Waals surface area contributed by atoms with Crippen LogP contribution >= 0.6 is 0 Å². The normalized spacial score (nSPS) is 19.6. The van der Waals surface area contributed by atoms with Crippen molar-refractivity contribution in [2.45, 2.75) is 5.92 Å². The lowest BCUT2D eigenvalue weighted by molar-refractivity contribution is -0.158. The Morgan fingerprint density at radius 2 is 1.94 bits per heavy atom. The quantitative estimate of drug-likeness (QED) is 0.383. The zero-order valence-electron chi connectivity index (χ0n) is 8.08. The van der Waals surface area contributed by atoms with Crippen LogP contribution in [0, 0.1) is 0 Å². The first-order chi connectivity index (χ1) is 7.54. The molecule has 16 heavy (non-hydrogen) atoms. The van der Waals surface area contributed by atoms with E-state index in [2.05, 4.69) is 0 Å². The SMILES string of the molecule is NC(=O)C1C(=O)N(O)C(=O)c2ccccc21. The highest BCUT2D eigenvalue weighted by Gasteiger charge is 2.41. The van der Waals surface area contributed by atoms with E-state index in [1.165, 1.54) is 12.1 Å². The average molecular weight is 220 g/mol. The molecule has 1 aliphatic heterocycles. The molecule has 0 spiro atoms. The Morgan fingerprint density at radius 3 is 2.56 bits per heavy atom. The Kier molecular flexibility index (Phi) is 2.21. The van der Waals surface area contributed by atoms with Crippen LogP contribution in [0.25, 0.3) is 0 Å². The van der Waals surface area contributed by atoms with Gasteiger partial charge >= 0.3 is 0 Å². The van der Waals surface area contributed by atoms with E-state index in [1.807, 2.05) is 0 Å². The first kappa shape index (κ1) is 10.3. The van der Waals surface area contributed by atoms with E-state index in [0.717, 1.165) is 0 Å². The van der Waals surface area contributed by atoms with Gasteiger partial charge in [-0.15, -0.1) is 0 Å². The second-order valence-electron chi connectivity index (χ2n) is 3.38. The minimum atomic E-state index is -1.31. The van der Waals surface area contributed by atoms with Gasteiger partial charge in [-0.25, -0.2) is 0 Å². The molecule has 6 nitrogen and oxygen atoms in total. The molecular weight excluding hydrogens is 212 g/mol. The highest BCUT2D eigenvalue weighted by molar-refractivity contribution is 6.17. The molecule has 3 N–H and O–H groups in total. The summed E-state index contributed by atoms with van der Waals surface area (Å²) in [6.07, 6.45) is 0. The van der Waals surface area contributed by atoms with E-state index < -0.39 is 23.6 Å². The molecule has 0 saturated carbocycles. The lowest BCUT2D eigenvalue weighted by Gasteiger charge is -2.26. The van der Waals surface area contributed by atoms with E-state index >= 15 is 0 Å². The van der Waals surface area contributed by atoms with E-state index in [1.54, 1.807) is 12.1 Å². The highest BCUT2D eigenvalue weighted by Crippen LogP contribution is 2.27. The Morgan fingerprint density at radius 1 is 1.31 bits per heavy atom. The predicted octanol–water partition coefficient (Wildman–Crippen LogP) is -0.373. The van der Waals surface area contributed by atoms with Crippen LogP contribution in [-0.2, 0) is 9.59 Å². The third-order valence-corrected chi connectivity index (χ3v) is 2.43.